The lowest BCUT2D eigenvalue weighted by Crippen LogP contribution is -2.44. The predicted molar refractivity (Wildman–Crippen MR) is 126 cm³/mol. The molecule has 0 spiro atoms. The predicted octanol–water partition coefficient (Wildman–Crippen LogP) is 3.36. The molecule has 172 valence electrons. The fourth-order valence-electron chi connectivity index (χ4n) is 4.16. The first-order chi connectivity index (χ1) is 15.4. The molecule has 0 unspecified atom stereocenters. The van der Waals surface area contributed by atoms with Crippen molar-refractivity contribution in [3.05, 3.63) is 59.1 Å². The van der Waals surface area contributed by atoms with Gasteiger partial charge < -0.3 is 15.0 Å². The number of benzene rings is 2. The molecular weight excluding hydrogens is 450 g/mol. The number of piperidine rings is 1. The minimum atomic E-state index is -3.53. The van der Waals surface area contributed by atoms with Gasteiger partial charge >= 0.3 is 0 Å². The van der Waals surface area contributed by atoms with Crippen molar-refractivity contribution in [3.63, 3.8) is 0 Å². The second-order valence-corrected chi connectivity index (χ2v) is 10.6. The van der Waals surface area contributed by atoms with Crippen LogP contribution in [0.3, 0.4) is 0 Å². The number of carbonyl (C=O) groups is 1. The molecule has 2 aromatic carbocycles. The quantitative estimate of drug-likeness (QED) is 0.690. The molecular formula is C23H28ClN3O4S. The summed E-state index contributed by atoms with van der Waals surface area (Å²) in [6.45, 7) is 3.77. The normalized spacial score (nSPS) is 20.2. The average molecular weight is 478 g/mol. The van der Waals surface area contributed by atoms with Crippen LogP contribution in [0, 0.1) is 5.92 Å². The van der Waals surface area contributed by atoms with Gasteiger partial charge in [-0.2, -0.15) is 0 Å². The molecule has 2 aliphatic rings. The minimum absolute atomic E-state index is 0.120. The number of amides is 1. The van der Waals surface area contributed by atoms with E-state index < -0.39 is 10.0 Å². The van der Waals surface area contributed by atoms with Crippen LogP contribution in [0.2, 0.25) is 5.02 Å². The molecule has 0 saturated carbocycles. The van der Waals surface area contributed by atoms with Gasteiger partial charge in [-0.1, -0.05) is 23.7 Å². The number of anilines is 2. The molecule has 0 aliphatic carbocycles. The second kappa shape index (κ2) is 10.2. The van der Waals surface area contributed by atoms with Crippen molar-refractivity contribution in [1.82, 2.24) is 4.31 Å². The third-order valence-electron chi connectivity index (χ3n) is 5.90. The summed E-state index contributed by atoms with van der Waals surface area (Å²) in [5.41, 5.74) is 2.46. The van der Waals surface area contributed by atoms with Crippen LogP contribution in [0.4, 0.5) is 11.4 Å². The van der Waals surface area contributed by atoms with Gasteiger partial charge in [-0.05, 0) is 54.8 Å². The molecule has 2 fully saturated rings. The van der Waals surface area contributed by atoms with Gasteiger partial charge in [-0.25, -0.2) is 12.7 Å². The molecule has 0 aromatic heterocycles. The maximum Gasteiger partial charge on any atom is 0.228 e. The SMILES string of the molecule is O=C(Nc1ccc(N2CCOCC2)cc1)[C@@H]1CCCN(S(=O)(=O)Cc2cccc(Cl)c2)C1. The largest absolute Gasteiger partial charge is 0.378 e. The lowest BCUT2D eigenvalue weighted by molar-refractivity contribution is -0.120. The Labute approximate surface area is 194 Å². The zero-order chi connectivity index (χ0) is 22.6. The topological polar surface area (TPSA) is 79.0 Å². The Morgan fingerprint density at radius 2 is 1.84 bits per heavy atom. The van der Waals surface area contributed by atoms with Crippen molar-refractivity contribution in [2.75, 3.05) is 49.6 Å². The molecule has 2 aliphatic heterocycles. The molecule has 0 radical (unpaired) electrons. The standard InChI is InChI=1S/C23H28ClN3O4S/c24-20-5-1-3-18(15-20)17-32(29,30)27-10-2-4-19(16-27)23(28)25-21-6-8-22(9-7-21)26-11-13-31-14-12-26/h1,3,5-9,15,19H,2,4,10-14,16-17H2,(H,25,28)/t19-/m1/s1. The average Bonchev–Trinajstić information content (AvgIpc) is 2.80. The molecule has 0 bridgehead atoms. The van der Waals surface area contributed by atoms with E-state index in [-0.39, 0.29) is 24.1 Å². The Kier molecular flexibility index (Phi) is 7.35. The number of ether oxygens (including phenoxy) is 1. The number of nitrogens with zero attached hydrogens (tertiary/aromatic N) is 2. The van der Waals surface area contributed by atoms with Crippen molar-refractivity contribution in [1.29, 1.82) is 0 Å². The number of carbonyl (C=O) groups excluding carboxylic acids is 1. The van der Waals surface area contributed by atoms with Crippen molar-refractivity contribution in [2.24, 2.45) is 5.92 Å². The number of hydrogen-bond acceptors (Lipinski definition) is 5. The highest BCUT2D eigenvalue weighted by atomic mass is 35.5. The molecule has 7 nitrogen and oxygen atoms in total. The van der Waals surface area contributed by atoms with E-state index >= 15 is 0 Å². The lowest BCUT2D eigenvalue weighted by Gasteiger charge is -2.31. The summed E-state index contributed by atoms with van der Waals surface area (Å²) in [6.07, 6.45) is 1.32. The van der Waals surface area contributed by atoms with Crippen molar-refractivity contribution < 1.29 is 17.9 Å². The summed E-state index contributed by atoms with van der Waals surface area (Å²) >= 11 is 5.99. The first-order valence-corrected chi connectivity index (χ1v) is 12.9. The van der Waals surface area contributed by atoms with E-state index in [1.54, 1.807) is 24.3 Å². The maximum absolute atomic E-state index is 12.9. The van der Waals surface area contributed by atoms with E-state index in [1.165, 1.54) is 4.31 Å². The van der Waals surface area contributed by atoms with Crippen molar-refractivity contribution in [2.45, 2.75) is 18.6 Å². The van der Waals surface area contributed by atoms with E-state index in [4.69, 9.17) is 16.3 Å². The van der Waals surface area contributed by atoms with Gasteiger partial charge in [-0.15, -0.1) is 0 Å². The van der Waals surface area contributed by atoms with Gasteiger partial charge in [0.2, 0.25) is 15.9 Å². The summed E-state index contributed by atoms with van der Waals surface area (Å²) < 4.78 is 32.7. The summed E-state index contributed by atoms with van der Waals surface area (Å²) in [7, 11) is -3.53. The van der Waals surface area contributed by atoms with Gasteiger partial charge in [0.05, 0.1) is 24.9 Å². The number of halogens is 1. The summed E-state index contributed by atoms with van der Waals surface area (Å²) in [5.74, 6) is -0.645. The van der Waals surface area contributed by atoms with E-state index in [1.807, 2.05) is 24.3 Å². The third kappa shape index (κ3) is 5.81. The van der Waals surface area contributed by atoms with E-state index in [2.05, 4.69) is 10.2 Å². The molecule has 32 heavy (non-hydrogen) atoms. The first kappa shape index (κ1) is 23.0. The number of nitrogens with one attached hydrogen (secondary N) is 1. The van der Waals surface area contributed by atoms with E-state index in [9.17, 15) is 13.2 Å². The fourth-order valence-corrected chi connectivity index (χ4v) is 5.97. The highest BCUT2D eigenvalue weighted by Gasteiger charge is 2.32. The third-order valence-corrected chi connectivity index (χ3v) is 7.95. The highest BCUT2D eigenvalue weighted by Crippen LogP contribution is 2.25. The van der Waals surface area contributed by atoms with Gasteiger partial charge in [-0.3, -0.25) is 4.79 Å². The summed E-state index contributed by atoms with van der Waals surface area (Å²) in [5, 5.41) is 3.46. The first-order valence-electron chi connectivity index (χ1n) is 10.9. The van der Waals surface area contributed by atoms with Crippen LogP contribution in [0.25, 0.3) is 0 Å². The molecule has 1 N–H and O–H groups in total. The van der Waals surface area contributed by atoms with Crippen molar-refractivity contribution >= 4 is 38.9 Å². The molecule has 4 rings (SSSR count). The van der Waals surface area contributed by atoms with Gasteiger partial charge in [0, 0.05) is 42.6 Å². The molecule has 2 aromatic rings. The molecule has 1 atom stereocenters. The van der Waals surface area contributed by atoms with Gasteiger partial charge in [0.15, 0.2) is 0 Å². The fraction of sp³-hybridized carbons (Fsp3) is 0.435. The number of hydrogen-bond donors (Lipinski definition) is 1. The minimum Gasteiger partial charge on any atom is -0.378 e. The second-order valence-electron chi connectivity index (χ2n) is 8.22. The van der Waals surface area contributed by atoms with Crippen molar-refractivity contribution in [3.8, 4) is 0 Å². The molecule has 2 saturated heterocycles. The van der Waals surface area contributed by atoms with Crippen LogP contribution >= 0.6 is 11.6 Å². The monoisotopic (exact) mass is 477 g/mol. The Balaban J connectivity index is 1.35. The van der Waals surface area contributed by atoms with Crippen LogP contribution in [-0.4, -0.2) is 58.0 Å². The smallest absolute Gasteiger partial charge is 0.228 e. The summed E-state index contributed by atoms with van der Waals surface area (Å²) in [4.78, 5) is 15.1. The number of rotatable bonds is 6. The van der Waals surface area contributed by atoms with E-state index in [0.29, 0.717) is 35.7 Å². The van der Waals surface area contributed by atoms with Crippen LogP contribution < -0.4 is 10.2 Å². The van der Waals surface area contributed by atoms with Crippen LogP contribution in [-0.2, 0) is 25.3 Å². The van der Waals surface area contributed by atoms with Gasteiger partial charge in [0.1, 0.15) is 0 Å². The van der Waals surface area contributed by atoms with Crippen LogP contribution in [0.5, 0.6) is 0 Å². The Hall–Kier alpha value is -2.13. The van der Waals surface area contributed by atoms with Crippen LogP contribution in [0.15, 0.2) is 48.5 Å². The molecule has 1 amide bonds. The zero-order valence-electron chi connectivity index (χ0n) is 17.9. The molecule has 9 heteroatoms. The Morgan fingerprint density at radius 3 is 2.56 bits per heavy atom. The maximum atomic E-state index is 12.9. The molecule has 2 heterocycles. The zero-order valence-corrected chi connectivity index (χ0v) is 19.4. The lowest BCUT2D eigenvalue weighted by atomic mass is 9.98. The summed E-state index contributed by atoms with van der Waals surface area (Å²) in [6, 6.07) is 14.6. The van der Waals surface area contributed by atoms with Crippen LogP contribution in [0.1, 0.15) is 18.4 Å². The Bertz CT molecular complexity index is 1040. The van der Waals surface area contributed by atoms with Gasteiger partial charge in [0.25, 0.3) is 0 Å². The highest BCUT2D eigenvalue weighted by molar-refractivity contribution is 7.88. The number of sulfonamides is 1. The van der Waals surface area contributed by atoms with E-state index in [0.717, 1.165) is 32.0 Å². The Morgan fingerprint density at radius 1 is 1.09 bits per heavy atom. The number of morpholine rings is 1.